The number of nitrogens with zero attached hydrogens (tertiary/aromatic N) is 3. The molecule has 0 spiro atoms. The molecule has 18 heavy (non-hydrogen) atoms. The molecule has 0 bridgehead atoms. The number of hydrogen-bond donors (Lipinski definition) is 0. The Morgan fingerprint density at radius 3 is 2.83 bits per heavy atom. The first-order chi connectivity index (χ1) is 8.75. The van der Waals surface area contributed by atoms with Crippen molar-refractivity contribution in [2.75, 3.05) is 11.4 Å². The Bertz CT molecular complexity index is 597. The zero-order valence-electron chi connectivity index (χ0n) is 9.51. The van der Waals surface area contributed by atoms with Crippen LogP contribution in [-0.4, -0.2) is 22.4 Å². The minimum atomic E-state index is -0.135. The highest BCUT2D eigenvalue weighted by molar-refractivity contribution is 6.29. The van der Waals surface area contributed by atoms with E-state index in [1.54, 1.807) is 4.90 Å². The normalized spacial score (nSPS) is 13.5. The molecule has 0 fully saturated rings. The average molecular weight is 260 g/mol. The number of aromatic nitrogens is 2. The van der Waals surface area contributed by atoms with Gasteiger partial charge in [-0.25, -0.2) is 9.97 Å². The molecular formula is C13H10ClN3O. The molecule has 90 valence electrons. The van der Waals surface area contributed by atoms with Crippen molar-refractivity contribution in [2.24, 2.45) is 0 Å². The summed E-state index contributed by atoms with van der Waals surface area (Å²) in [5.74, 6) is -0.135. The van der Waals surface area contributed by atoms with E-state index in [-0.39, 0.29) is 11.1 Å². The van der Waals surface area contributed by atoms with Crippen LogP contribution in [-0.2, 0) is 6.42 Å². The van der Waals surface area contributed by atoms with Gasteiger partial charge in [0.2, 0.25) is 0 Å². The number of anilines is 1. The Morgan fingerprint density at radius 2 is 2.06 bits per heavy atom. The average Bonchev–Trinajstić information content (AvgIpc) is 2.82. The lowest BCUT2D eigenvalue weighted by Gasteiger charge is -2.16. The van der Waals surface area contributed by atoms with Gasteiger partial charge in [-0.2, -0.15) is 0 Å². The minimum Gasteiger partial charge on any atom is -0.306 e. The van der Waals surface area contributed by atoms with Crippen molar-refractivity contribution in [1.82, 2.24) is 9.97 Å². The van der Waals surface area contributed by atoms with Crippen LogP contribution in [0.3, 0.4) is 0 Å². The highest BCUT2D eigenvalue weighted by Crippen LogP contribution is 2.28. The van der Waals surface area contributed by atoms with E-state index in [0.717, 1.165) is 12.1 Å². The Kier molecular flexibility index (Phi) is 2.72. The van der Waals surface area contributed by atoms with Gasteiger partial charge < -0.3 is 4.90 Å². The van der Waals surface area contributed by atoms with Gasteiger partial charge in [0.15, 0.2) is 0 Å². The van der Waals surface area contributed by atoms with E-state index in [1.165, 1.54) is 18.0 Å². The maximum atomic E-state index is 12.3. The third-order valence-corrected chi connectivity index (χ3v) is 3.17. The quantitative estimate of drug-likeness (QED) is 0.790. The standard InChI is InChI=1S/C13H10ClN3O/c14-12-8-15-10(7-16-12)13(18)17-6-5-9-3-1-2-4-11(9)17/h1-4,7-8H,5-6H2. The molecule has 0 atom stereocenters. The van der Waals surface area contributed by atoms with Crippen LogP contribution < -0.4 is 4.90 Å². The third kappa shape index (κ3) is 1.84. The molecule has 2 heterocycles. The molecule has 0 radical (unpaired) electrons. The van der Waals surface area contributed by atoms with Gasteiger partial charge in [0.1, 0.15) is 10.8 Å². The van der Waals surface area contributed by atoms with E-state index in [9.17, 15) is 4.79 Å². The van der Waals surface area contributed by atoms with Crippen molar-refractivity contribution in [1.29, 1.82) is 0 Å². The van der Waals surface area contributed by atoms with Crippen molar-refractivity contribution < 1.29 is 4.79 Å². The SMILES string of the molecule is O=C(c1cnc(Cl)cn1)N1CCc2ccccc21. The Hall–Kier alpha value is -1.94. The van der Waals surface area contributed by atoms with Gasteiger partial charge >= 0.3 is 0 Å². The van der Waals surface area contributed by atoms with Crippen LogP contribution in [0.4, 0.5) is 5.69 Å². The Balaban J connectivity index is 1.93. The summed E-state index contributed by atoms with van der Waals surface area (Å²) in [5, 5.41) is 0.286. The monoisotopic (exact) mass is 259 g/mol. The van der Waals surface area contributed by atoms with Gasteiger partial charge in [0.25, 0.3) is 5.91 Å². The zero-order valence-corrected chi connectivity index (χ0v) is 10.3. The lowest BCUT2D eigenvalue weighted by Crippen LogP contribution is -2.29. The number of hydrogen-bond acceptors (Lipinski definition) is 3. The molecule has 0 unspecified atom stereocenters. The molecule has 0 N–H and O–H groups in total. The van der Waals surface area contributed by atoms with Gasteiger partial charge in [-0.05, 0) is 18.1 Å². The molecule has 2 aromatic rings. The van der Waals surface area contributed by atoms with E-state index >= 15 is 0 Å². The number of fused-ring (bicyclic) bond motifs is 1. The molecule has 1 aliphatic heterocycles. The second-order valence-electron chi connectivity index (χ2n) is 4.06. The van der Waals surface area contributed by atoms with E-state index in [2.05, 4.69) is 9.97 Å². The van der Waals surface area contributed by atoms with Crippen LogP contribution in [0.25, 0.3) is 0 Å². The van der Waals surface area contributed by atoms with Gasteiger partial charge in [-0.1, -0.05) is 29.8 Å². The summed E-state index contributed by atoms with van der Waals surface area (Å²) in [6.07, 6.45) is 3.67. The topological polar surface area (TPSA) is 46.1 Å². The summed E-state index contributed by atoms with van der Waals surface area (Å²) in [6, 6.07) is 7.90. The third-order valence-electron chi connectivity index (χ3n) is 2.97. The molecule has 1 aliphatic rings. The van der Waals surface area contributed by atoms with Crippen LogP contribution in [0, 0.1) is 0 Å². The summed E-state index contributed by atoms with van der Waals surface area (Å²) in [6.45, 7) is 0.683. The van der Waals surface area contributed by atoms with Crippen molar-refractivity contribution in [3.05, 3.63) is 53.1 Å². The van der Waals surface area contributed by atoms with E-state index < -0.39 is 0 Å². The predicted octanol–water partition coefficient (Wildman–Crippen LogP) is 2.33. The number of rotatable bonds is 1. The van der Waals surface area contributed by atoms with Crippen LogP contribution in [0.2, 0.25) is 5.15 Å². The summed E-state index contributed by atoms with van der Waals surface area (Å²) >= 11 is 5.66. The maximum Gasteiger partial charge on any atom is 0.278 e. The molecule has 1 amide bonds. The molecule has 4 nitrogen and oxygen atoms in total. The molecule has 0 saturated carbocycles. The van der Waals surface area contributed by atoms with Gasteiger partial charge in [0, 0.05) is 12.2 Å². The molecule has 3 rings (SSSR count). The fourth-order valence-electron chi connectivity index (χ4n) is 2.11. The Morgan fingerprint density at radius 1 is 1.22 bits per heavy atom. The van der Waals surface area contributed by atoms with Gasteiger partial charge in [-0.3, -0.25) is 4.79 Å². The summed E-state index contributed by atoms with van der Waals surface area (Å²) in [5.41, 5.74) is 2.46. The molecule has 1 aromatic carbocycles. The lowest BCUT2D eigenvalue weighted by molar-refractivity contribution is 0.0984. The second-order valence-corrected chi connectivity index (χ2v) is 4.45. The van der Waals surface area contributed by atoms with E-state index in [0.29, 0.717) is 12.2 Å². The summed E-state index contributed by atoms with van der Waals surface area (Å²) in [7, 11) is 0. The Labute approximate surface area is 109 Å². The zero-order chi connectivity index (χ0) is 12.5. The first-order valence-corrected chi connectivity index (χ1v) is 6.01. The number of benzene rings is 1. The van der Waals surface area contributed by atoms with Crippen LogP contribution in [0.15, 0.2) is 36.7 Å². The lowest BCUT2D eigenvalue weighted by atomic mass is 10.2. The van der Waals surface area contributed by atoms with Gasteiger partial charge in [0.05, 0.1) is 12.4 Å². The molecular weight excluding hydrogens is 250 g/mol. The summed E-state index contributed by atoms with van der Waals surface area (Å²) in [4.78, 5) is 21.9. The highest BCUT2D eigenvalue weighted by atomic mass is 35.5. The van der Waals surface area contributed by atoms with Crippen molar-refractivity contribution in [3.8, 4) is 0 Å². The van der Waals surface area contributed by atoms with Crippen LogP contribution in [0.5, 0.6) is 0 Å². The maximum absolute atomic E-state index is 12.3. The number of halogens is 1. The number of carbonyl (C=O) groups excluding carboxylic acids is 1. The highest BCUT2D eigenvalue weighted by Gasteiger charge is 2.25. The largest absolute Gasteiger partial charge is 0.306 e. The van der Waals surface area contributed by atoms with Crippen molar-refractivity contribution in [3.63, 3.8) is 0 Å². The summed E-state index contributed by atoms with van der Waals surface area (Å²) < 4.78 is 0. The van der Waals surface area contributed by atoms with E-state index in [1.807, 2.05) is 24.3 Å². The molecule has 0 saturated heterocycles. The fraction of sp³-hybridized carbons (Fsp3) is 0.154. The number of para-hydroxylation sites is 1. The number of amides is 1. The molecule has 0 aliphatic carbocycles. The van der Waals surface area contributed by atoms with E-state index in [4.69, 9.17) is 11.6 Å². The van der Waals surface area contributed by atoms with Crippen molar-refractivity contribution >= 4 is 23.2 Å². The predicted molar refractivity (Wildman–Crippen MR) is 68.9 cm³/mol. The van der Waals surface area contributed by atoms with Crippen LogP contribution >= 0.6 is 11.6 Å². The smallest absolute Gasteiger partial charge is 0.278 e. The first kappa shape index (κ1) is 11.2. The molecule has 1 aromatic heterocycles. The van der Waals surface area contributed by atoms with Crippen molar-refractivity contribution in [2.45, 2.75) is 6.42 Å². The minimum absolute atomic E-state index is 0.135. The first-order valence-electron chi connectivity index (χ1n) is 5.63. The second kappa shape index (κ2) is 4.38. The molecule has 5 heteroatoms. The van der Waals surface area contributed by atoms with Crippen LogP contribution in [0.1, 0.15) is 16.1 Å². The fourth-order valence-corrected chi connectivity index (χ4v) is 2.21. The number of carbonyl (C=O) groups is 1. The van der Waals surface area contributed by atoms with Gasteiger partial charge in [-0.15, -0.1) is 0 Å².